The van der Waals surface area contributed by atoms with Crippen LogP contribution in [-0.2, 0) is 11.2 Å². The summed E-state index contributed by atoms with van der Waals surface area (Å²) >= 11 is 0. The predicted molar refractivity (Wildman–Crippen MR) is 94.5 cm³/mol. The first kappa shape index (κ1) is 18.4. The van der Waals surface area contributed by atoms with Crippen LogP contribution in [-0.4, -0.2) is 63.5 Å². The van der Waals surface area contributed by atoms with Gasteiger partial charge in [0.2, 0.25) is 0 Å². The molecule has 1 amide bonds. The molecule has 2 aliphatic rings. The third kappa shape index (κ3) is 3.88. The lowest BCUT2D eigenvalue weighted by atomic mass is 9.90. The van der Waals surface area contributed by atoms with Crippen LogP contribution in [0.1, 0.15) is 68.4 Å². The highest BCUT2D eigenvalue weighted by molar-refractivity contribution is 5.94. The highest BCUT2D eigenvalue weighted by Gasteiger charge is 2.34. The van der Waals surface area contributed by atoms with Gasteiger partial charge in [0.15, 0.2) is 5.69 Å². The zero-order valence-electron chi connectivity index (χ0n) is 15.6. The summed E-state index contributed by atoms with van der Waals surface area (Å²) in [4.78, 5) is 14.9. The molecule has 2 aliphatic heterocycles. The SMILES string of the molecule is CC(C)N1CCC(O)(CNC(=O)c2n[nH]c3c2C[C@H](C)O[C@@H]3C)CC1. The van der Waals surface area contributed by atoms with E-state index in [1.807, 2.05) is 13.8 Å². The molecule has 0 bridgehead atoms. The van der Waals surface area contributed by atoms with E-state index in [1.165, 1.54) is 0 Å². The lowest BCUT2D eigenvalue weighted by molar-refractivity contribution is -0.0255. The summed E-state index contributed by atoms with van der Waals surface area (Å²) in [5.74, 6) is -0.224. The number of hydrogen-bond acceptors (Lipinski definition) is 5. The number of carbonyl (C=O) groups excluding carboxylic acids is 1. The van der Waals surface area contributed by atoms with Crippen molar-refractivity contribution in [2.75, 3.05) is 19.6 Å². The number of carbonyl (C=O) groups is 1. The smallest absolute Gasteiger partial charge is 0.272 e. The number of aromatic nitrogens is 2. The van der Waals surface area contributed by atoms with Crippen molar-refractivity contribution in [2.45, 2.75) is 70.8 Å². The Morgan fingerprint density at radius 1 is 1.44 bits per heavy atom. The first-order valence-corrected chi connectivity index (χ1v) is 9.26. The number of piperidine rings is 1. The van der Waals surface area contributed by atoms with Crippen molar-refractivity contribution in [3.05, 3.63) is 17.0 Å². The van der Waals surface area contributed by atoms with Gasteiger partial charge in [0, 0.05) is 37.7 Å². The van der Waals surface area contributed by atoms with Gasteiger partial charge in [-0.05, 0) is 40.5 Å². The van der Waals surface area contributed by atoms with Gasteiger partial charge in [-0.2, -0.15) is 5.10 Å². The molecule has 3 heterocycles. The number of hydrogen-bond donors (Lipinski definition) is 3. The number of aromatic amines is 1. The fourth-order valence-corrected chi connectivity index (χ4v) is 3.82. The Morgan fingerprint density at radius 3 is 2.76 bits per heavy atom. The summed E-state index contributed by atoms with van der Waals surface area (Å²) < 4.78 is 5.76. The molecular weight excluding hydrogens is 320 g/mol. The van der Waals surface area contributed by atoms with Gasteiger partial charge in [-0.25, -0.2) is 0 Å². The number of aliphatic hydroxyl groups is 1. The second-order valence-corrected chi connectivity index (χ2v) is 7.79. The maximum atomic E-state index is 12.6. The van der Waals surface area contributed by atoms with Crippen LogP contribution in [0.5, 0.6) is 0 Å². The van der Waals surface area contributed by atoms with E-state index in [2.05, 4.69) is 34.3 Å². The van der Waals surface area contributed by atoms with Crippen LogP contribution in [0.25, 0.3) is 0 Å². The average molecular weight is 350 g/mol. The number of fused-ring (bicyclic) bond motifs is 1. The highest BCUT2D eigenvalue weighted by Crippen LogP contribution is 2.30. The normalized spacial score (nSPS) is 26.5. The monoisotopic (exact) mass is 350 g/mol. The quantitative estimate of drug-likeness (QED) is 0.764. The van der Waals surface area contributed by atoms with Crippen molar-refractivity contribution in [1.82, 2.24) is 20.4 Å². The molecule has 0 unspecified atom stereocenters. The van der Waals surface area contributed by atoms with E-state index in [-0.39, 0.29) is 24.7 Å². The first-order chi connectivity index (χ1) is 11.8. The van der Waals surface area contributed by atoms with Crippen molar-refractivity contribution < 1.29 is 14.6 Å². The number of nitrogens with zero attached hydrogens (tertiary/aromatic N) is 2. The number of amides is 1. The Morgan fingerprint density at radius 2 is 2.12 bits per heavy atom. The molecule has 1 aromatic rings. The fraction of sp³-hybridized carbons (Fsp3) is 0.778. The van der Waals surface area contributed by atoms with E-state index in [9.17, 15) is 9.90 Å². The van der Waals surface area contributed by atoms with Crippen LogP contribution in [0.4, 0.5) is 0 Å². The molecule has 1 saturated heterocycles. The largest absolute Gasteiger partial charge is 0.388 e. The molecule has 2 atom stereocenters. The minimum Gasteiger partial charge on any atom is -0.388 e. The third-order valence-corrected chi connectivity index (χ3v) is 5.49. The molecular formula is C18H30N4O3. The molecule has 0 radical (unpaired) electrons. The van der Waals surface area contributed by atoms with Gasteiger partial charge < -0.3 is 20.1 Å². The van der Waals surface area contributed by atoms with Crippen LogP contribution >= 0.6 is 0 Å². The number of H-pyrrole nitrogens is 1. The minimum absolute atomic E-state index is 0.0659. The van der Waals surface area contributed by atoms with E-state index in [0.717, 1.165) is 24.3 Å². The molecule has 3 rings (SSSR count). The number of likely N-dealkylation sites (tertiary alicyclic amines) is 1. The lowest BCUT2D eigenvalue weighted by Gasteiger charge is -2.40. The molecule has 0 saturated carbocycles. The Balaban J connectivity index is 1.61. The summed E-state index contributed by atoms with van der Waals surface area (Å²) in [6.07, 6.45) is 2.00. The second kappa shape index (κ2) is 7.05. The summed E-state index contributed by atoms with van der Waals surface area (Å²) in [6, 6.07) is 0.487. The van der Waals surface area contributed by atoms with Crippen molar-refractivity contribution in [3.8, 4) is 0 Å². The molecule has 0 aromatic carbocycles. The van der Waals surface area contributed by atoms with Crippen LogP contribution in [0, 0.1) is 0 Å². The van der Waals surface area contributed by atoms with Gasteiger partial charge in [-0.3, -0.25) is 9.89 Å². The van der Waals surface area contributed by atoms with E-state index >= 15 is 0 Å². The van der Waals surface area contributed by atoms with Crippen LogP contribution in [0.3, 0.4) is 0 Å². The zero-order chi connectivity index (χ0) is 18.2. The van der Waals surface area contributed by atoms with E-state index in [4.69, 9.17) is 4.74 Å². The molecule has 1 fully saturated rings. The van der Waals surface area contributed by atoms with Crippen molar-refractivity contribution in [3.63, 3.8) is 0 Å². The third-order valence-electron chi connectivity index (χ3n) is 5.49. The van der Waals surface area contributed by atoms with Crippen LogP contribution in [0.15, 0.2) is 0 Å². The molecule has 1 aromatic heterocycles. The highest BCUT2D eigenvalue weighted by atomic mass is 16.5. The number of ether oxygens (including phenoxy) is 1. The average Bonchev–Trinajstić information content (AvgIpc) is 2.97. The molecule has 3 N–H and O–H groups in total. The number of nitrogens with one attached hydrogen (secondary N) is 2. The topological polar surface area (TPSA) is 90.5 Å². The Hall–Kier alpha value is -1.44. The first-order valence-electron chi connectivity index (χ1n) is 9.26. The maximum absolute atomic E-state index is 12.6. The summed E-state index contributed by atoms with van der Waals surface area (Å²) in [5.41, 5.74) is 1.42. The van der Waals surface area contributed by atoms with Gasteiger partial charge in [0.25, 0.3) is 5.91 Å². The maximum Gasteiger partial charge on any atom is 0.272 e. The molecule has 7 nitrogen and oxygen atoms in total. The van der Waals surface area contributed by atoms with E-state index in [0.29, 0.717) is 31.0 Å². The standard InChI is InChI=1S/C18H30N4O3/c1-11(2)22-7-5-18(24,6-8-22)10-19-17(23)16-14-9-12(3)25-13(4)15(14)20-21-16/h11-13,24H,5-10H2,1-4H3,(H,19,23)(H,20,21)/t12-,13+/m0/s1. The van der Waals surface area contributed by atoms with Crippen molar-refractivity contribution in [1.29, 1.82) is 0 Å². The fourth-order valence-electron chi connectivity index (χ4n) is 3.82. The molecule has 25 heavy (non-hydrogen) atoms. The van der Waals surface area contributed by atoms with Crippen molar-refractivity contribution in [2.24, 2.45) is 0 Å². The lowest BCUT2D eigenvalue weighted by Crippen LogP contribution is -2.52. The van der Waals surface area contributed by atoms with Gasteiger partial charge >= 0.3 is 0 Å². The van der Waals surface area contributed by atoms with Gasteiger partial charge in [-0.1, -0.05) is 0 Å². The van der Waals surface area contributed by atoms with E-state index < -0.39 is 5.60 Å². The predicted octanol–water partition coefficient (Wildman–Crippen LogP) is 1.40. The summed E-state index contributed by atoms with van der Waals surface area (Å²) in [7, 11) is 0. The Bertz CT molecular complexity index is 620. The molecule has 0 aliphatic carbocycles. The molecule has 7 heteroatoms. The van der Waals surface area contributed by atoms with Gasteiger partial charge in [0.05, 0.1) is 23.5 Å². The molecule has 140 valence electrons. The number of rotatable bonds is 4. The Labute approximate surface area is 149 Å². The molecule has 0 spiro atoms. The van der Waals surface area contributed by atoms with Crippen LogP contribution in [0.2, 0.25) is 0 Å². The summed E-state index contributed by atoms with van der Waals surface area (Å²) in [5, 5.41) is 20.8. The Kier molecular flexibility index (Phi) is 5.18. The summed E-state index contributed by atoms with van der Waals surface area (Å²) in [6.45, 7) is 10.3. The van der Waals surface area contributed by atoms with Gasteiger partial charge in [-0.15, -0.1) is 0 Å². The van der Waals surface area contributed by atoms with Gasteiger partial charge in [0.1, 0.15) is 0 Å². The van der Waals surface area contributed by atoms with Crippen LogP contribution < -0.4 is 5.32 Å². The van der Waals surface area contributed by atoms with Crippen molar-refractivity contribution >= 4 is 5.91 Å². The zero-order valence-corrected chi connectivity index (χ0v) is 15.6. The van der Waals surface area contributed by atoms with E-state index in [1.54, 1.807) is 0 Å². The minimum atomic E-state index is -0.832. The second-order valence-electron chi connectivity index (χ2n) is 7.79.